The Hall–Kier alpha value is -2.28. The number of Topliss-reactive ketones (excluding diaryl/α,β-unsaturated/α-hetero) is 1. The van der Waals surface area contributed by atoms with Gasteiger partial charge >= 0.3 is 0 Å². The predicted molar refractivity (Wildman–Crippen MR) is 74.8 cm³/mol. The zero-order valence-corrected chi connectivity index (χ0v) is 12.6. The van der Waals surface area contributed by atoms with Crippen molar-refractivity contribution < 1.29 is 23.6 Å². The molecule has 7 heteroatoms. The summed E-state index contributed by atoms with van der Waals surface area (Å²) in [4.78, 5) is 41.9. The molecule has 1 unspecified atom stereocenters. The third-order valence-electron chi connectivity index (χ3n) is 3.64. The summed E-state index contributed by atoms with van der Waals surface area (Å²) in [6.45, 7) is 1.73. The SMILES string of the molecule is CON(Cc1ccc(F)c(C)c1)C(=O)C1CN(C)C(=O)C1=O. The van der Waals surface area contributed by atoms with Crippen LogP contribution in [0.5, 0.6) is 0 Å². The van der Waals surface area contributed by atoms with E-state index >= 15 is 0 Å². The van der Waals surface area contributed by atoms with Crippen LogP contribution in [0.3, 0.4) is 0 Å². The number of hydrogen-bond donors (Lipinski definition) is 0. The van der Waals surface area contributed by atoms with Crippen molar-refractivity contribution in [2.24, 2.45) is 5.92 Å². The maximum Gasteiger partial charge on any atom is 0.290 e. The van der Waals surface area contributed by atoms with Gasteiger partial charge in [0.2, 0.25) is 5.78 Å². The van der Waals surface area contributed by atoms with E-state index in [4.69, 9.17) is 4.84 Å². The van der Waals surface area contributed by atoms with Crippen LogP contribution < -0.4 is 0 Å². The Bertz CT molecular complexity index is 632. The molecule has 1 fully saturated rings. The molecule has 0 aromatic heterocycles. The number of likely N-dealkylation sites (tertiary alicyclic amines) is 1. The molecule has 0 bridgehead atoms. The standard InChI is InChI=1S/C15H17FN2O4/c1-9-6-10(4-5-12(9)16)7-18(22-3)14(20)11-8-17(2)15(21)13(11)19/h4-6,11H,7-8H2,1-3H3. The van der Waals surface area contributed by atoms with Crippen LogP contribution in [0.2, 0.25) is 0 Å². The average molecular weight is 308 g/mol. The van der Waals surface area contributed by atoms with Gasteiger partial charge in [0.25, 0.3) is 11.8 Å². The van der Waals surface area contributed by atoms with Crippen molar-refractivity contribution in [3.05, 3.63) is 35.1 Å². The van der Waals surface area contributed by atoms with E-state index in [0.29, 0.717) is 11.1 Å². The molecule has 1 aromatic rings. The molecule has 1 saturated heterocycles. The number of nitrogens with zero attached hydrogens (tertiary/aromatic N) is 2. The van der Waals surface area contributed by atoms with Gasteiger partial charge in [0.15, 0.2) is 0 Å². The quantitative estimate of drug-likeness (QED) is 0.466. The molecule has 1 atom stereocenters. The van der Waals surface area contributed by atoms with E-state index in [2.05, 4.69) is 0 Å². The summed E-state index contributed by atoms with van der Waals surface area (Å²) in [5, 5.41) is 1.02. The third-order valence-corrected chi connectivity index (χ3v) is 3.64. The van der Waals surface area contributed by atoms with Gasteiger partial charge < -0.3 is 4.90 Å². The van der Waals surface area contributed by atoms with Crippen molar-refractivity contribution in [1.29, 1.82) is 0 Å². The molecule has 118 valence electrons. The first-order valence-corrected chi connectivity index (χ1v) is 6.75. The van der Waals surface area contributed by atoms with Gasteiger partial charge in [-0.3, -0.25) is 19.2 Å². The minimum atomic E-state index is -1.06. The lowest BCUT2D eigenvalue weighted by molar-refractivity contribution is -0.183. The van der Waals surface area contributed by atoms with Gasteiger partial charge in [-0.25, -0.2) is 9.45 Å². The third kappa shape index (κ3) is 2.99. The van der Waals surface area contributed by atoms with Gasteiger partial charge in [-0.2, -0.15) is 0 Å². The van der Waals surface area contributed by atoms with E-state index in [1.165, 1.54) is 31.2 Å². The molecule has 0 saturated carbocycles. The van der Waals surface area contributed by atoms with E-state index < -0.39 is 23.5 Å². The topological polar surface area (TPSA) is 66.9 Å². The van der Waals surface area contributed by atoms with Crippen LogP contribution in [0, 0.1) is 18.7 Å². The zero-order valence-electron chi connectivity index (χ0n) is 12.6. The van der Waals surface area contributed by atoms with E-state index in [1.807, 2.05) is 0 Å². The number of benzene rings is 1. The van der Waals surface area contributed by atoms with Crippen LogP contribution in [0.25, 0.3) is 0 Å². The summed E-state index contributed by atoms with van der Waals surface area (Å²) in [5.74, 6) is -3.37. The molecule has 0 N–H and O–H groups in total. The Morgan fingerprint density at radius 1 is 1.45 bits per heavy atom. The fraction of sp³-hybridized carbons (Fsp3) is 0.400. The van der Waals surface area contributed by atoms with Crippen LogP contribution in [-0.4, -0.2) is 48.3 Å². The van der Waals surface area contributed by atoms with Crippen molar-refractivity contribution in [3.8, 4) is 0 Å². The Kier molecular flexibility index (Phi) is 4.56. The number of carbonyl (C=O) groups is 3. The lowest BCUT2D eigenvalue weighted by atomic mass is 10.1. The monoisotopic (exact) mass is 308 g/mol. The van der Waals surface area contributed by atoms with Crippen LogP contribution in [0.15, 0.2) is 18.2 Å². The highest BCUT2D eigenvalue weighted by molar-refractivity contribution is 6.42. The van der Waals surface area contributed by atoms with Crippen molar-refractivity contribution in [2.45, 2.75) is 13.5 Å². The van der Waals surface area contributed by atoms with E-state index in [-0.39, 0.29) is 18.9 Å². The Morgan fingerprint density at radius 2 is 2.14 bits per heavy atom. The lowest BCUT2D eigenvalue weighted by Crippen LogP contribution is -2.38. The maximum atomic E-state index is 13.3. The van der Waals surface area contributed by atoms with Crippen molar-refractivity contribution >= 4 is 17.6 Å². The second kappa shape index (κ2) is 6.23. The Morgan fingerprint density at radius 3 is 2.64 bits per heavy atom. The number of hydroxylamine groups is 2. The summed E-state index contributed by atoms with van der Waals surface area (Å²) in [6.07, 6.45) is 0. The molecular weight excluding hydrogens is 291 g/mol. The van der Waals surface area contributed by atoms with Gasteiger partial charge in [0, 0.05) is 13.6 Å². The molecule has 1 aromatic carbocycles. The first kappa shape index (κ1) is 16.1. The minimum absolute atomic E-state index is 0.0405. The number of rotatable bonds is 4. The van der Waals surface area contributed by atoms with E-state index in [0.717, 1.165) is 5.06 Å². The fourth-order valence-electron chi connectivity index (χ4n) is 2.34. The molecule has 6 nitrogen and oxygen atoms in total. The van der Waals surface area contributed by atoms with E-state index in [1.54, 1.807) is 13.0 Å². The smallest absolute Gasteiger partial charge is 0.290 e. The number of halogens is 1. The molecule has 0 radical (unpaired) electrons. The molecule has 22 heavy (non-hydrogen) atoms. The Labute approximate surface area is 127 Å². The first-order valence-electron chi connectivity index (χ1n) is 6.75. The molecule has 1 aliphatic heterocycles. The first-order chi connectivity index (χ1) is 10.3. The van der Waals surface area contributed by atoms with Crippen molar-refractivity contribution in [3.63, 3.8) is 0 Å². The highest BCUT2D eigenvalue weighted by Gasteiger charge is 2.43. The second-order valence-electron chi connectivity index (χ2n) is 5.24. The summed E-state index contributed by atoms with van der Waals surface area (Å²) in [7, 11) is 2.77. The highest BCUT2D eigenvalue weighted by Crippen LogP contribution is 2.18. The minimum Gasteiger partial charge on any atom is -0.338 e. The van der Waals surface area contributed by atoms with Crippen molar-refractivity contribution in [2.75, 3.05) is 20.7 Å². The van der Waals surface area contributed by atoms with Crippen LogP contribution in [-0.2, 0) is 25.8 Å². The van der Waals surface area contributed by atoms with Crippen LogP contribution >= 0.6 is 0 Å². The zero-order chi connectivity index (χ0) is 16.4. The molecule has 0 spiro atoms. The number of ketones is 1. The highest BCUT2D eigenvalue weighted by atomic mass is 19.1. The average Bonchev–Trinajstić information content (AvgIpc) is 2.75. The summed E-state index contributed by atoms with van der Waals surface area (Å²) < 4.78 is 13.3. The van der Waals surface area contributed by atoms with Gasteiger partial charge in [-0.1, -0.05) is 12.1 Å². The maximum absolute atomic E-state index is 13.3. The normalized spacial score (nSPS) is 18.0. The summed E-state index contributed by atoms with van der Waals surface area (Å²) in [5.41, 5.74) is 1.12. The molecule has 1 heterocycles. The number of aryl methyl sites for hydroxylation is 1. The van der Waals surface area contributed by atoms with Crippen LogP contribution in [0.1, 0.15) is 11.1 Å². The number of hydrogen-bond acceptors (Lipinski definition) is 4. The fourth-order valence-corrected chi connectivity index (χ4v) is 2.34. The van der Waals surface area contributed by atoms with Crippen molar-refractivity contribution in [1.82, 2.24) is 9.96 Å². The largest absolute Gasteiger partial charge is 0.338 e. The lowest BCUT2D eigenvalue weighted by Gasteiger charge is -2.22. The van der Waals surface area contributed by atoms with E-state index in [9.17, 15) is 18.8 Å². The van der Waals surface area contributed by atoms with Gasteiger partial charge in [-0.15, -0.1) is 0 Å². The number of carbonyl (C=O) groups excluding carboxylic acids is 3. The molecule has 0 aliphatic carbocycles. The number of amides is 2. The van der Waals surface area contributed by atoms with Crippen LogP contribution in [0.4, 0.5) is 4.39 Å². The predicted octanol–water partition coefficient (Wildman–Crippen LogP) is 0.681. The molecule has 2 amide bonds. The van der Waals surface area contributed by atoms with Gasteiger partial charge in [-0.05, 0) is 24.1 Å². The number of likely N-dealkylation sites (N-methyl/N-ethyl adjacent to an activating group) is 1. The molecule has 1 aliphatic rings. The van der Waals surface area contributed by atoms with Gasteiger partial charge in [0.1, 0.15) is 11.7 Å². The molecular formula is C15H17FN2O4. The Balaban J connectivity index is 2.14. The molecule has 2 rings (SSSR count). The second-order valence-corrected chi connectivity index (χ2v) is 5.24. The summed E-state index contributed by atoms with van der Waals surface area (Å²) in [6, 6.07) is 4.44. The summed E-state index contributed by atoms with van der Waals surface area (Å²) >= 11 is 0. The van der Waals surface area contributed by atoms with Gasteiger partial charge in [0.05, 0.1) is 13.7 Å².